The van der Waals surface area contributed by atoms with Crippen LogP contribution in [0.5, 0.6) is 0 Å². The van der Waals surface area contributed by atoms with E-state index in [0.717, 1.165) is 10.3 Å². The van der Waals surface area contributed by atoms with Gasteiger partial charge >= 0.3 is 0 Å². The fraction of sp³-hybridized carbons (Fsp3) is 0.312. The number of fused-ring (bicyclic) bond motifs is 1. The molecule has 0 amide bonds. The van der Waals surface area contributed by atoms with Crippen molar-refractivity contribution < 1.29 is 0 Å². The molecule has 3 heteroatoms. The van der Waals surface area contributed by atoms with Crippen LogP contribution in [-0.2, 0) is 6.42 Å². The molecule has 2 nitrogen and oxygen atoms in total. The number of hydrogen-bond donors (Lipinski definition) is 1. The molecule has 0 aliphatic heterocycles. The third kappa shape index (κ3) is 2.81. The van der Waals surface area contributed by atoms with Crippen molar-refractivity contribution in [2.45, 2.75) is 31.7 Å². The first-order valence-corrected chi connectivity index (χ1v) is 7.59. The van der Waals surface area contributed by atoms with Crippen LogP contribution in [0.3, 0.4) is 0 Å². The van der Waals surface area contributed by atoms with Crippen LogP contribution in [0.2, 0.25) is 0 Å². The molecule has 0 spiro atoms. The van der Waals surface area contributed by atoms with E-state index < -0.39 is 0 Å². The number of aromatic nitrogens is 1. The first-order valence-electron chi connectivity index (χ1n) is 6.79. The molecular weight excluding hydrogens is 300 g/mol. The first kappa shape index (κ1) is 12.7. The fourth-order valence-electron chi connectivity index (χ4n) is 2.75. The summed E-state index contributed by atoms with van der Waals surface area (Å²) in [6.07, 6.45) is 6.73. The Hall–Kier alpha value is -1.35. The van der Waals surface area contributed by atoms with Gasteiger partial charge in [-0.1, -0.05) is 30.7 Å². The molecule has 98 valence electrons. The molecule has 1 unspecified atom stereocenters. The van der Waals surface area contributed by atoms with Gasteiger partial charge in [-0.15, -0.1) is 0 Å². The Bertz CT molecular complexity index is 568. The van der Waals surface area contributed by atoms with Gasteiger partial charge in [0, 0.05) is 6.20 Å². The predicted molar refractivity (Wildman–Crippen MR) is 82.3 cm³/mol. The van der Waals surface area contributed by atoms with Crippen molar-refractivity contribution in [2.75, 3.05) is 5.32 Å². The minimum absolute atomic E-state index is 0.388. The highest BCUT2D eigenvalue weighted by molar-refractivity contribution is 9.10. The van der Waals surface area contributed by atoms with E-state index >= 15 is 0 Å². The molecule has 1 aliphatic rings. The monoisotopic (exact) mass is 316 g/mol. The van der Waals surface area contributed by atoms with Gasteiger partial charge in [0.2, 0.25) is 0 Å². The quantitative estimate of drug-likeness (QED) is 0.640. The zero-order chi connectivity index (χ0) is 13.1. The van der Waals surface area contributed by atoms with Gasteiger partial charge in [0.1, 0.15) is 4.60 Å². The van der Waals surface area contributed by atoms with Gasteiger partial charge in [0.15, 0.2) is 0 Å². The molecular formula is C16H17BrN2. The lowest BCUT2D eigenvalue weighted by atomic mass is 9.99. The van der Waals surface area contributed by atoms with Crippen molar-refractivity contribution in [2.24, 2.45) is 0 Å². The molecule has 2 aromatic rings. The number of nitrogens with one attached hydrogen (secondary N) is 1. The van der Waals surface area contributed by atoms with Gasteiger partial charge in [0.25, 0.3) is 0 Å². The van der Waals surface area contributed by atoms with Crippen molar-refractivity contribution in [3.05, 3.63) is 58.3 Å². The number of aryl methyl sites for hydroxylation is 1. The van der Waals surface area contributed by atoms with E-state index in [-0.39, 0.29) is 0 Å². The molecule has 1 N–H and O–H groups in total. The highest BCUT2D eigenvalue weighted by Crippen LogP contribution is 2.32. The molecule has 1 atom stereocenters. The molecule has 1 aliphatic carbocycles. The second-order valence-electron chi connectivity index (χ2n) is 4.98. The highest BCUT2D eigenvalue weighted by Gasteiger charge is 2.18. The standard InChI is InChI=1S/C16H17BrN2/c17-16-15(10-5-11-18-16)19-14-9-4-2-7-12-6-1-3-8-13(12)14/h1,3,5-6,8,10-11,14,19H,2,4,7,9H2. The Morgan fingerprint density at radius 2 is 2.00 bits per heavy atom. The van der Waals surface area contributed by atoms with Gasteiger partial charge in [-0.3, -0.25) is 0 Å². The van der Waals surface area contributed by atoms with Gasteiger partial charge in [-0.2, -0.15) is 0 Å². The van der Waals surface area contributed by atoms with Crippen molar-refractivity contribution in [3.8, 4) is 0 Å². The lowest BCUT2D eigenvalue weighted by molar-refractivity contribution is 0.643. The molecule has 3 rings (SSSR count). The van der Waals surface area contributed by atoms with Crippen molar-refractivity contribution in [1.29, 1.82) is 0 Å². The van der Waals surface area contributed by atoms with Crippen molar-refractivity contribution in [1.82, 2.24) is 4.98 Å². The molecule has 19 heavy (non-hydrogen) atoms. The summed E-state index contributed by atoms with van der Waals surface area (Å²) < 4.78 is 0.886. The zero-order valence-electron chi connectivity index (χ0n) is 10.8. The summed E-state index contributed by atoms with van der Waals surface area (Å²) in [4.78, 5) is 4.28. The van der Waals surface area contributed by atoms with Gasteiger partial charge in [0.05, 0.1) is 11.7 Å². The molecule has 0 bridgehead atoms. The average Bonchev–Trinajstić information content (AvgIpc) is 2.64. The summed E-state index contributed by atoms with van der Waals surface area (Å²) in [5.41, 5.74) is 4.00. The Kier molecular flexibility index (Phi) is 3.83. The highest BCUT2D eigenvalue weighted by atomic mass is 79.9. The van der Waals surface area contributed by atoms with Crippen LogP contribution < -0.4 is 5.32 Å². The minimum Gasteiger partial charge on any atom is -0.376 e. The zero-order valence-corrected chi connectivity index (χ0v) is 12.4. The average molecular weight is 317 g/mol. The summed E-state index contributed by atoms with van der Waals surface area (Å²) >= 11 is 3.51. The number of hydrogen-bond acceptors (Lipinski definition) is 2. The van der Waals surface area contributed by atoms with Gasteiger partial charge < -0.3 is 5.32 Å². The SMILES string of the molecule is Brc1ncccc1NC1CCCCc2ccccc21. The Balaban J connectivity index is 1.91. The normalized spacial score (nSPS) is 18.5. The van der Waals surface area contributed by atoms with Crippen molar-refractivity contribution >= 4 is 21.6 Å². The van der Waals surface area contributed by atoms with Crippen molar-refractivity contribution in [3.63, 3.8) is 0 Å². The van der Waals surface area contributed by atoms with Crippen LogP contribution >= 0.6 is 15.9 Å². The van der Waals surface area contributed by atoms with Crippen LogP contribution in [0.1, 0.15) is 36.4 Å². The third-order valence-electron chi connectivity index (χ3n) is 3.71. The van der Waals surface area contributed by atoms with Crippen LogP contribution in [-0.4, -0.2) is 4.98 Å². The summed E-state index contributed by atoms with van der Waals surface area (Å²) in [5.74, 6) is 0. The predicted octanol–water partition coefficient (Wildman–Crippen LogP) is 4.72. The van der Waals surface area contributed by atoms with E-state index in [4.69, 9.17) is 0 Å². The Morgan fingerprint density at radius 1 is 1.11 bits per heavy atom. The van der Waals surface area contributed by atoms with Crippen LogP contribution in [0.25, 0.3) is 0 Å². The van der Waals surface area contributed by atoms with E-state index in [2.05, 4.69) is 56.6 Å². The lowest BCUT2D eigenvalue weighted by Gasteiger charge is -2.21. The maximum Gasteiger partial charge on any atom is 0.129 e. The van der Waals surface area contributed by atoms with Gasteiger partial charge in [-0.25, -0.2) is 4.98 Å². The van der Waals surface area contributed by atoms with E-state index in [1.807, 2.05) is 6.07 Å². The number of benzene rings is 1. The Labute approximate surface area is 122 Å². The van der Waals surface area contributed by atoms with Crippen LogP contribution in [0.15, 0.2) is 47.2 Å². The molecule has 0 saturated heterocycles. The molecule has 0 radical (unpaired) electrons. The topological polar surface area (TPSA) is 24.9 Å². The fourth-order valence-corrected chi connectivity index (χ4v) is 3.12. The molecule has 0 saturated carbocycles. The van der Waals surface area contributed by atoms with Crippen LogP contribution in [0, 0.1) is 0 Å². The number of rotatable bonds is 2. The lowest BCUT2D eigenvalue weighted by Crippen LogP contribution is -2.11. The maximum atomic E-state index is 4.28. The van der Waals surface area contributed by atoms with E-state index in [9.17, 15) is 0 Å². The minimum atomic E-state index is 0.388. The summed E-state index contributed by atoms with van der Waals surface area (Å²) in [5, 5.41) is 3.64. The van der Waals surface area contributed by atoms with Crippen LogP contribution in [0.4, 0.5) is 5.69 Å². The smallest absolute Gasteiger partial charge is 0.129 e. The third-order valence-corrected chi connectivity index (χ3v) is 4.34. The summed E-state index contributed by atoms with van der Waals surface area (Å²) in [6.45, 7) is 0. The number of nitrogens with zero attached hydrogens (tertiary/aromatic N) is 1. The molecule has 1 aromatic heterocycles. The maximum absolute atomic E-state index is 4.28. The molecule has 1 heterocycles. The second-order valence-corrected chi connectivity index (χ2v) is 5.73. The van der Waals surface area contributed by atoms with E-state index in [0.29, 0.717) is 6.04 Å². The van der Waals surface area contributed by atoms with E-state index in [1.54, 1.807) is 6.20 Å². The largest absolute Gasteiger partial charge is 0.376 e. The number of pyridine rings is 1. The van der Waals surface area contributed by atoms with Gasteiger partial charge in [-0.05, 0) is 58.5 Å². The number of halogens is 1. The molecule has 0 fully saturated rings. The second kappa shape index (κ2) is 5.74. The first-order chi connectivity index (χ1) is 9.34. The van der Waals surface area contributed by atoms with E-state index in [1.165, 1.54) is 36.8 Å². The number of anilines is 1. The summed E-state index contributed by atoms with van der Waals surface area (Å²) in [7, 11) is 0. The molecule has 1 aromatic carbocycles. The Morgan fingerprint density at radius 3 is 2.89 bits per heavy atom. The summed E-state index contributed by atoms with van der Waals surface area (Å²) in [6, 6.07) is 13.2.